The van der Waals surface area contributed by atoms with Crippen molar-refractivity contribution in [2.75, 3.05) is 32.5 Å². The second-order valence-electron chi connectivity index (χ2n) is 9.80. The Morgan fingerprint density at radius 1 is 1.15 bits per heavy atom. The monoisotopic (exact) mass is 573 g/mol. The topological polar surface area (TPSA) is 184 Å². The van der Waals surface area contributed by atoms with Gasteiger partial charge in [0.05, 0.1) is 18.3 Å². The maximum atomic E-state index is 13.5. The van der Waals surface area contributed by atoms with Gasteiger partial charge in [-0.05, 0) is 49.4 Å². The van der Waals surface area contributed by atoms with E-state index in [4.69, 9.17) is 21.6 Å². The van der Waals surface area contributed by atoms with Crippen molar-refractivity contribution in [3.63, 3.8) is 0 Å². The molecule has 0 aromatic heterocycles. The van der Waals surface area contributed by atoms with E-state index in [9.17, 15) is 18.0 Å². The molecule has 1 saturated heterocycles. The summed E-state index contributed by atoms with van der Waals surface area (Å²) in [6, 6.07) is 13.9. The molecular weight excluding hydrogens is 534 g/mol. The van der Waals surface area contributed by atoms with Gasteiger partial charge in [-0.25, -0.2) is 13.1 Å². The molecule has 0 spiro atoms. The van der Waals surface area contributed by atoms with Gasteiger partial charge in [-0.15, -0.1) is 0 Å². The summed E-state index contributed by atoms with van der Waals surface area (Å²) in [5.41, 5.74) is 13.3. The predicted molar refractivity (Wildman–Crippen MR) is 153 cm³/mol. The van der Waals surface area contributed by atoms with E-state index in [1.165, 1.54) is 11.9 Å². The number of rotatable bonds is 12. The molecule has 2 unspecified atom stereocenters. The molecule has 2 aromatic rings. The quantitative estimate of drug-likeness (QED) is 0.139. The maximum absolute atomic E-state index is 13.5. The van der Waals surface area contributed by atoms with E-state index in [-0.39, 0.29) is 24.7 Å². The number of likely N-dealkylation sites (N-methyl/N-ethyl adjacent to an activating group) is 1. The molecule has 0 radical (unpaired) electrons. The smallest absolute Gasteiger partial charge is 0.241 e. The molecule has 0 aliphatic carbocycles. The number of anilines is 1. The van der Waals surface area contributed by atoms with Crippen LogP contribution in [0.3, 0.4) is 0 Å². The number of nitrogens with one attached hydrogen (secondary N) is 3. The van der Waals surface area contributed by atoms with Gasteiger partial charge >= 0.3 is 0 Å². The number of piperidine rings is 1. The number of nitrogens with zero attached hydrogens (tertiary/aromatic N) is 2. The lowest BCUT2D eigenvalue weighted by Gasteiger charge is -2.41. The van der Waals surface area contributed by atoms with Gasteiger partial charge in [0.25, 0.3) is 0 Å². The van der Waals surface area contributed by atoms with Crippen LogP contribution in [0.2, 0.25) is 0 Å². The average molecular weight is 574 g/mol. The van der Waals surface area contributed by atoms with Crippen LogP contribution in [0.5, 0.6) is 0 Å². The SMILES string of the molecule is CCOC1C(NC(=O)CN(C)C(=O)[C@@H](Cc2ccc(N)cc2)NS(=O)(=O)Cc2ccccc2)CCCN1C(=N)N. The first-order valence-electron chi connectivity index (χ1n) is 13.1. The van der Waals surface area contributed by atoms with E-state index in [1.807, 2.05) is 6.92 Å². The Morgan fingerprint density at radius 3 is 2.45 bits per heavy atom. The average Bonchev–Trinajstić information content (AvgIpc) is 2.90. The van der Waals surface area contributed by atoms with E-state index in [1.54, 1.807) is 59.5 Å². The molecule has 1 aliphatic rings. The second-order valence-corrected chi connectivity index (χ2v) is 11.5. The first-order valence-corrected chi connectivity index (χ1v) is 14.8. The largest absolute Gasteiger partial charge is 0.399 e. The van der Waals surface area contributed by atoms with E-state index < -0.39 is 40.1 Å². The number of likely N-dealkylation sites (tertiary alicyclic amines) is 1. The number of sulfonamides is 1. The molecule has 40 heavy (non-hydrogen) atoms. The minimum atomic E-state index is -3.90. The molecule has 1 fully saturated rings. The third kappa shape index (κ3) is 8.93. The number of guanidine groups is 1. The lowest BCUT2D eigenvalue weighted by molar-refractivity contribution is -0.137. The number of nitrogens with two attached hydrogens (primary N) is 2. The third-order valence-corrected chi connectivity index (χ3v) is 7.91. The summed E-state index contributed by atoms with van der Waals surface area (Å²) in [4.78, 5) is 29.3. The highest BCUT2D eigenvalue weighted by molar-refractivity contribution is 7.88. The number of amides is 2. The third-order valence-electron chi connectivity index (χ3n) is 6.55. The van der Waals surface area contributed by atoms with Gasteiger partial charge in [0, 0.05) is 25.9 Å². The van der Waals surface area contributed by atoms with Gasteiger partial charge in [0.2, 0.25) is 21.8 Å². The molecule has 3 rings (SSSR count). The fourth-order valence-corrected chi connectivity index (χ4v) is 6.01. The van der Waals surface area contributed by atoms with E-state index >= 15 is 0 Å². The van der Waals surface area contributed by atoms with Crippen LogP contribution in [0.4, 0.5) is 5.69 Å². The van der Waals surface area contributed by atoms with Gasteiger partial charge in [-0.2, -0.15) is 0 Å². The van der Waals surface area contributed by atoms with Crippen molar-refractivity contribution in [2.24, 2.45) is 5.73 Å². The van der Waals surface area contributed by atoms with Crippen molar-refractivity contribution in [3.8, 4) is 0 Å². The van der Waals surface area contributed by atoms with E-state index in [0.29, 0.717) is 42.8 Å². The molecular formula is C27H39N7O5S. The standard InChI is InChI=1S/C27H39N7O5S/c1-3-39-26-22(10-7-15-34(26)27(29)30)31-24(35)17-33(2)25(36)23(16-19-11-13-21(28)14-12-19)32-40(37,38)18-20-8-5-4-6-9-20/h4-6,8-9,11-14,22-23,26,32H,3,7,10,15-18,28H2,1-2H3,(H3,29,30)(H,31,35)/t22?,23-,26?/m1/s1. The predicted octanol–water partition coefficient (Wildman–Crippen LogP) is 0.595. The van der Waals surface area contributed by atoms with Gasteiger partial charge in [-0.1, -0.05) is 42.5 Å². The van der Waals surface area contributed by atoms with Crippen molar-refractivity contribution < 1.29 is 22.7 Å². The summed E-state index contributed by atoms with van der Waals surface area (Å²) in [6.07, 6.45) is 0.804. The van der Waals surface area contributed by atoms with Crippen LogP contribution in [0.25, 0.3) is 0 Å². The van der Waals surface area contributed by atoms with Crippen LogP contribution < -0.4 is 21.5 Å². The summed E-state index contributed by atoms with van der Waals surface area (Å²) < 4.78 is 34.3. The summed E-state index contributed by atoms with van der Waals surface area (Å²) in [6.45, 7) is 2.43. The highest BCUT2D eigenvalue weighted by Crippen LogP contribution is 2.19. The lowest BCUT2D eigenvalue weighted by atomic mass is 10.0. The van der Waals surface area contributed by atoms with Crippen molar-refractivity contribution >= 4 is 33.5 Å². The van der Waals surface area contributed by atoms with Gasteiger partial charge in [0.1, 0.15) is 6.04 Å². The van der Waals surface area contributed by atoms with Gasteiger partial charge in [0.15, 0.2) is 12.2 Å². The molecule has 12 nitrogen and oxygen atoms in total. The molecule has 3 atom stereocenters. The highest BCUT2D eigenvalue weighted by atomic mass is 32.2. The van der Waals surface area contributed by atoms with Crippen LogP contribution in [-0.4, -0.2) is 81.0 Å². The highest BCUT2D eigenvalue weighted by Gasteiger charge is 2.35. The Balaban J connectivity index is 1.72. The van der Waals surface area contributed by atoms with Crippen LogP contribution in [0.1, 0.15) is 30.9 Å². The van der Waals surface area contributed by atoms with Crippen LogP contribution in [0, 0.1) is 5.41 Å². The molecule has 0 bridgehead atoms. The minimum absolute atomic E-state index is 0.0711. The first kappa shape index (κ1) is 30.9. The summed E-state index contributed by atoms with van der Waals surface area (Å²) in [5, 5.41) is 10.7. The number of carbonyl (C=O) groups excluding carboxylic acids is 2. The summed E-state index contributed by atoms with van der Waals surface area (Å²) in [5.74, 6) is -1.43. The molecule has 2 aromatic carbocycles. The Kier molecular flexibility index (Phi) is 10.9. The Morgan fingerprint density at radius 2 is 1.82 bits per heavy atom. The lowest BCUT2D eigenvalue weighted by Crippen LogP contribution is -2.60. The number of ether oxygens (including phenoxy) is 1. The van der Waals surface area contributed by atoms with Crippen LogP contribution in [-0.2, 0) is 36.5 Å². The molecule has 13 heteroatoms. The molecule has 1 aliphatic heterocycles. The number of hydrogen-bond acceptors (Lipinski definition) is 7. The second kappa shape index (κ2) is 14.1. The number of hydrogen-bond donors (Lipinski definition) is 5. The van der Waals surface area contributed by atoms with Gasteiger partial charge in [-0.3, -0.25) is 15.0 Å². The zero-order valence-corrected chi connectivity index (χ0v) is 23.7. The van der Waals surface area contributed by atoms with E-state index in [2.05, 4.69) is 10.0 Å². The van der Waals surface area contributed by atoms with E-state index in [0.717, 1.165) is 0 Å². The zero-order chi connectivity index (χ0) is 29.3. The summed E-state index contributed by atoms with van der Waals surface area (Å²) >= 11 is 0. The summed E-state index contributed by atoms with van der Waals surface area (Å²) in [7, 11) is -2.45. The normalized spacial score (nSPS) is 18.1. The van der Waals surface area contributed by atoms with Crippen molar-refractivity contribution in [1.82, 2.24) is 19.8 Å². The van der Waals surface area contributed by atoms with Crippen LogP contribution >= 0.6 is 0 Å². The maximum Gasteiger partial charge on any atom is 0.241 e. The molecule has 7 N–H and O–H groups in total. The first-order chi connectivity index (χ1) is 19.0. The number of nitrogen functional groups attached to an aromatic ring is 1. The molecule has 218 valence electrons. The minimum Gasteiger partial charge on any atom is -0.399 e. The fourth-order valence-electron chi connectivity index (χ4n) is 4.68. The molecule has 1 heterocycles. The number of benzene rings is 2. The zero-order valence-electron chi connectivity index (χ0n) is 22.9. The van der Waals surface area contributed by atoms with Crippen molar-refractivity contribution in [2.45, 2.75) is 50.3 Å². The van der Waals surface area contributed by atoms with Crippen molar-refractivity contribution in [1.29, 1.82) is 5.41 Å². The Bertz CT molecular complexity index is 1260. The number of carbonyl (C=O) groups is 2. The van der Waals surface area contributed by atoms with Crippen molar-refractivity contribution in [3.05, 3.63) is 65.7 Å². The van der Waals surface area contributed by atoms with Gasteiger partial charge < -0.3 is 31.3 Å². The fraction of sp³-hybridized carbons (Fsp3) is 0.444. The molecule has 2 amide bonds. The molecule has 0 saturated carbocycles. The Labute approximate surface area is 235 Å². The van der Waals surface area contributed by atoms with Crippen LogP contribution in [0.15, 0.2) is 54.6 Å². The Hall–Kier alpha value is -3.68.